The van der Waals surface area contributed by atoms with Crippen LogP contribution < -0.4 is 0 Å². The van der Waals surface area contributed by atoms with Crippen LogP contribution in [0, 0.1) is 0 Å². The van der Waals surface area contributed by atoms with Crippen LogP contribution in [0.3, 0.4) is 0 Å². The van der Waals surface area contributed by atoms with Gasteiger partial charge in [0, 0.05) is 13.4 Å². The van der Waals surface area contributed by atoms with Crippen molar-refractivity contribution in [3.8, 4) is 66.8 Å². The molecule has 12 aromatic rings. The molecule has 6 aliphatic carbocycles. The molecule has 0 spiro atoms. The molecule has 0 atom stereocenters. The second-order valence-electron chi connectivity index (χ2n) is 25.4. The van der Waals surface area contributed by atoms with E-state index in [9.17, 15) is 0 Å². The molecule has 0 radical (unpaired) electrons. The second-order valence-corrected chi connectivity index (χ2v) is 27.9. The van der Waals surface area contributed by atoms with Crippen molar-refractivity contribution in [2.45, 2.75) is 116 Å². The van der Waals surface area contributed by atoms with E-state index in [-0.39, 0.29) is 0 Å². The van der Waals surface area contributed by atoms with E-state index in [1.54, 1.807) is 93.5 Å². The summed E-state index contributed by atoms with van der Waals surface area (Å²) >= 11 is 11.5. The lowest BCUT2D eigenvalue weighted by molar-refractivity contribution is 0.781. The number of hydrogen-bond acceptors (Lipinski definition) is 0. The van der Waals surface area contributed by atoms with Gasteiger partial charge in [-0.3, -0.25) is 0 Å². The van der Waals surface area contributed by atoms with Crippen LogP contribution in [0.1, 0.15) is 105 Å². The van der Waals surface area contributed by atoms with E-state index in [0.29, 0.717) is 0 Å². The maximum Gasteiger partial charge on any atom is 0.0216 e. The molecule has 0 amide bonds. The van der Waals surface area contributed by atoms with Gasteiger partial charge in [0.15, 0.2) is 0 Å². The van der Waals surface area contributed by atoms with E-state index in [1.165, 1.54) is 188 Å². The molecule has 6 aliphatic rings. The fraction of sp³-hybridized carbons (Fsp3) is 0.214. The smallest absolute Gasteiger partial charge is 0.0216 e. The molecule has 0 saturated carbocycles. The molecule has 0 N–H and O–H groups in total. The van der Waals surface area contributed by atoms with Crippen LogP contribution in [0.15, 0.2) is 214 Å². The Balaban J connectivity index is 0.000000113. The van der Waals surface area contributed by atoms with Crippen LogP contribution in [0.5, 0.6) is 0 Å². The summed E-state index contributed by atoms with van der Waals surface area (Å²) in [5.41, 5.74) is 34.8. The first kappa shape index (κ1) is 55.2. The lowest BCUT2D eigenvalue weighted by Gasteiger charge is -2.29. The Kier molecular flexibility index (Phi) is 14.9. The predicted octanol–water partition coefficient (Wildman–Crippen LogP) is 23.7. The molecule has 0 fully saturated rings. The third-order valence-electron chi connectivity index (χ3n) is 20.3. The minimum atomic E-state index is 1.16. The summed E-state index contributed by atoms with van der Waals surface area (Å²) < 4.78 is 4.00. The van der Waals surface area contributed by atoms with Crippen LogP contribution >= 0.6 is 47.8 Å². The summed E-state index contributed by atoms with van der Waals surface area (Å²) in [5.74, 6) is 0. The van der Waals surface area contributed by atoms with Gasteiger partial charge >= 0.3 is 0 Å². The number of halogens is 3. The van der Waals surface area contributed by atoms with Gasteiger partial charge < -0.3 is 0 Å². The number of benzene rings is 12. The first-order valence-corrected chi connectivity index (χ1v) is 34.6. The van der Waals surface area contributed by atoms with E-state index in [4.69, 9.17) is 0 Å². The molecule has 0 saturated heterocycles. The van der Waals surface area contributed by atoms with Crippen molar-refractivity contribution >= 4 is 80.1 Å². The largest absolute Gasteiger partial charge is 0.0622 e. The lowest BCUT2D eigenvalue weighted by atomic mass is 9.75. The predicted molar refractivity (Wildman–Crippen MR) is 380 cm³/mol. The Bertz CT molecular complexity index is 4510. The van der Waals surface area contributed by atoms with E-state index in [2.05, 4.69) is 248 Å². The van der Waals surface area contributed by atoms with E-state index < -0.39 is 0 Å². The van der Waals surface area contributed by atoms with E-state index in [0.717, 1.165) is 12.8 Å². The molecule has 18 rings (SSSR count). The zero-order valence-electron chi connectivity index (χ0n) is 49.4. The number of hydrogen-bond donors (Lipinski definition) is 0. The van der Waals surface area contributed by atoms with Crippen molar-refractivity contribution in [3.05, 3.63) is 280 Å². The maximum absolute atomic E-state index is 3.88. The average Bonchev–Trinajstić information content (AvgIpc) is 0.914. The Morgan fingerprint density at radius 1 is 0.184 bits per heavy atom. The molecule has 0 heterocycles. The monoisotopic (exact) mass is 1310 g/mol. The maximum atomic E-state index is 3.88. The highest BCUT2D eigenvalue weighted by molar-refractivity contribution is 9.11. The SMILES string of the molecule is Brc1cc2c3c(c(-c4cccc(-c5ccccc5)c4)cc4c3c1CCC4)CCC2.Brc1cc2c3c(c(Br)cc4c3c1CCC4)CCC2.c1ccc(-c2cccc(-c3cc4c5c(c(-c6cccc(-c7ccccc7)c6)cc6c5c3CCC6)CCC4)c2)cc1. The molecule has 0 aliphatic heterocycles. The molecular formula is C84H69Br3. The standard InChI is InChI=1S/C40H32.C28H23Br.C16H14Br2/c1-3-11-27(12-4-1)29-15-7-17-31(23-29)37-25-33-19-10-22-36-38(26-34-20-9-21-35(37)39(34)40(33)36)32-18-8-16-30(24-32)28-13-5-2-6-14-28;29-26-17-22-12-5-13-23-25(16-21-11-6-14-24(26)28(21)27(22)23)20-10-4-9-19(15-20)18-7-2-1-3-8-18;17-13-8-10-4-2-6-12-14(18)7-9-3-1-5-11(13)15(9)16(10)12/h1-8,11-18,23-26H,9-10,19-22H2;1-4,7-10,15-17H,5-6,11-14H2;7-8H,1-6H2. The quantitative estimate of drug-likeness (QED) is 0.156. The third-order valence-corrected chi connectivity index (χ3v) is 22.4. The van der Waals surface area contributed by atoms with Crippen LogP contribution in [-0.2, 0) is 77.0 Å². The van der Waals surface area contributed by atoms with Crippen LogP contribution in [-0.4, -0.2) is 0 Å². The first-order chi connectivity index (χ1) is 42.9. The summed E-state index contributed by atoms with van der Waals surface area (Å²) in [6.45, 7) is 0. The topological polar surface area (TPSA) is 0 Å². The second kappa shape index (κ2) is 23.4. The van der Waals surface area contributed by atoms with Crippen molar-refractivity contribution < 1.29 is 0 Å². The van der Waals surface area contributed by atoms with Crippen molar-refractivity contribution in [2.75, 3.05) is 0 Å². The summed E-state index contributed by atoms with van der Waals surface area (Å²) in [6, 6.07) is 74.7. The highest BCUT2D eigenvalue weighted by Crippen LogP contribution is 2.49. The molecular weight excluding hydrogens is 1250 g/mol. The minimum absolute atomic E-state index is 1.16. The van der Waals surface area contributed by atoms with Crippen LogP contribution in [0.4, 0.5) is 0 Å². The molecule has 0 aromatic heterocycles. The van der Waals surface area contributed by atoms with Gasteiger partial charge in [-0.1, -0.05) is 212 Å². The Morgan fingerprint density at radius 3 is 0.678 bits per heavy atom. The van der Waals surface area contributed by atoms with Crippen molar-refractivity contribution in [2.24, 2.45) is 0 Å². The van der Waals surface area contributed by atoms with Gasteiger partial charge in [-0.2, -0.15) is 0 Å². The average molecular weight is 1320 g/mol. The normalized spacial score (nSPS) is 14.9. The molecule has 426 valence electrons. The highest BCUT2D eigenvalue weighted by atomic mass is 79.9. The van der Waals surface area contributed by atoms with Gasteiger partial charge in [0.25, 0.3) is 0 Å². The van der Waals surface area contributed by atoms with Gasteiger partial charge in [0.1, 0.15) is 0 Å². The molecule has 3 heteroatoms. The molecule has 0 nitrogen and oxygen atoms in total. The summed E-state index contributed by atoms with van der Waals surface area (Å²) in [5, 5.41) is 9.43. The fourth-order valence-electron chi connectivity index (χ4n) is 16.4. The van der Waals surface area contributed by atoms with Gasteiger partial charge in [0.05, 0.1) is 0 Å². The zero-order chi connectivity index (χ0) is 58.1. The van der Waals surface area contributed by atoms with E-state index >= 15 is 0 Å². The van der Waals surface area contributed by atoms with Gasteiger partial charge in [-0.15, -0.1) is 0 Å². The number of aryl methyl sites for hydroxylation is 12. The van der Waals surface area contributed by atoms with Crippen molar-refractivity contribution in [1.82, 2.24) is 0 Å². The lowest BCUT2D eigenvalue weighted by Crippen LogP contribution is -2.11. The highest BCUT2D eigenvalue weighted by Gasteiger charge is 2.29. The fourth-order valence-corrected chi connectivity index (χ4v) is 18.4. The van der Waals surface area contributed by atoms with Crippen LogP contribution in [0.2, 0.25) is 0 Å². The summed E-state index contributed by atoms with van der Waals surface area (Å²) in [7, 11) is 0. The van der Waals surface area contributed by atoms with Gasteiger partial charge in [-0.25, -0.2) is 0 Å². The van der Waals surface area contributed by atoms with Crippen molar-refractivity contribution in [1.29, 1.82) is 0 Å². The molecule has 12 aromatic carbocycles. The van der Waals surface area contributed by atoms with Crippen LogP contribution in [0.25, 0.3) is 99.1 Å². The Labute approximate surface area is 538 Å². The summed E-state index contributed by atoms with van der Waals surface area (Å²) in [4.78, 5) is 0. The summed E-state index contributed by atoms with van der Waals surface area (Å²) in [6.07, 6.45) is 21.9. The van der Waals surface area contributed by atoms with Crippen molar-refractivity contribution in [3.63, 3.8) is 0 Å². The number of rotatable bonds is 6. The first-order valence-electron chi connectivity index (χ1n) is 32.2. The Hall–Kier alpha value is -7.14. The van der Waals surface area contributed by atoms with E-state index in [1.807, 2.05) is 0 Å². The molecule has 87 heavy (non-hydrogen) atoms. The zero-order valence-corrected chi connectivity index (χ0v) is 54.2. The Morgan fingerprint density at radius 2 is 0.402 bits per heavy atom. The molecule has 0 unspecified atom stereocenters. The van der Waals surface area contributed by atoms with Gasteiger partial charge in [-0.05, 0) is 318 Å². The van der Waals surface area contributed by atoms with Gasteiger partial charge in [0.2, 0.25) is 0 Å². The third kappa shape index (κ3) is 10.1. The minimum Gasteiger partial charge on any atom is -0.0622 e. The molecule has 0 bridgehead atoms.